The van der Waals surface area contributed by atoms with Crippen molar-refractivity contribution in [1.29, 1.82) is 0 Å². The Labute approximate surface area is 120 Å². The summed E-state index contributed by atoms with van der Waals surface area (Å²) in [5.74, 6) is -0.290. The van der Waals surface area contributed by atoms with E-state index in [2.05, 4.69) is 10.3 Å². The number of carbonyl (C=O) groups is 1. The molecule has 6 nitrogen and oxygen atoms in total. The van der Waals surface area contributed by atoms with Crippen molar-refractivity contribution in [2.75, 3.05) is 13.6 Å². The topological polar surface area (TPSA) is 79.4 Å². The van der Waals surface area contributed by atoms with Crippen LogP contribution in [0.25, 0.3) is 0 Å². The zero-order valence-corrected chi connectivity index (χ0v) is 12.9. The molecule has 1 fully saturated rings. The van der Waals surface area contributed by atoms with Crippen molar-refractivity contribution in [3.05, 3.63) is 10.2 Å². The Balaban J connectivity index is 2.09. The minimum atomic E-state index is -3.72. The van der Waals surface area contributed by atoms with Crippen LogP contribution >= 0.6 is 22.9 Å². The third-order valence-electron chi connectivity index (χ3n) is 2.68. The van der Waals surface area contributed by atoms with Gasteiger partial charge in [0.1, 0.15) is 0 Å². The zero-order chi connectivity index (χ0) is 14.2. The minimum absolute atomic E-state index is 0.0826. The monoisotopic (exact) mass is 323 g/mol. The Hall–Kier alpha value is -0.700. The van der Waals surface area contributed by atoms with Gasteiger partial charge in [0.05, 0.1) is 12.2 Å². The van der Waals surface area contributed by atoms with E-state index in [1.807, 2.05) is 0 Å². The maximum absolute atomic E-state index is 12.3. The van der Waals surface area contributed by atoms with Crippen molar-refractivity contribution in [3.63, 3.8) is 0 Å². The first-order valence-corrected chi connectivity index (χ1v) is 8.33. The van der Waals surface area contributed by atoms with Crippen LogP contribution < -0.4 is 5.32 Å². The number of hydrogen-bond acceptors (Lipinski definition) is 5. The summed E-state index contributed by atoms with van der Waals surface area (Å²) >= 11 is 6.60. The molecule has 0 radical (unpaired) electrons. The molecule has 0 bridgehead atoms. The van der Waals surface area contributed by atoms with Crippen LogP contribution in [-0.4, -0.2) is 43.2 Å². The molecule has 1 aromatic rings. The average Bonchev–Trinajstić information content (AvgIpc) is 3.02. The molecular formula is C10H14ClN3O3S2. The highest BCUT2D eigenvalue weighted by molar-refractivity contribution is 7.91. The van der Waals surface area contributed by atoms with E-state index < -0.39 is 10.0 Å². The molecule has 1 N–H and O–H groups in total. The van der Waals surface area contributed by atoms with Crippen LogP contribution in [0.1, 0.15) is 18.5 Å². The minimum Gasteiger partial charge on any atom is -0.352 e. The van der Waals surface area contributed by atoms with E-state index in [-0.39, 0.29) is 27.2 Å². The Morgan fingerprint density at radius 3 is 2.68 bits per heavy atom. The summed E-state index contributed by atoms with van der Waals surface area (Å²) in [7, 11) is -2.35. The molecule has 1 aliphatic carbocycles. The Kier molecular flexibility index (Phi) is 4.14. The number of rotatable bonds is 5. The van der Waals surface area contributed by atoms with Gasteiger partial charge in [-0.25, -0.2) is 13.4 Å². The third kappa shape index (κ3) is 3.44. The number of hydrogen-bond donors (Lipinski definition) is 1. The van der Waals surface area contributed by atoms with E-state index in [9.17, 15) is 13.2 Å². The summed E-state index contributed by atoms with van der Waals surface area (Å²) in [6, 6.07) is 0.211. The molecule has 2 rings (SSSR count). The van der Waals surface area contributed by atoms with Crippen molar-refractivity contribution >= 4 is 38.9 Å². The number of nitrogens with one attached hydrogen (secondary N) is 1. The van der Waals surface area contributed by atoms with E-state index in [1.54, 1.807) is 6.92 Å². The molecule has 1 aromatic heterocycles. The summed E-state index contributed by atoms with van der Waals surface area (Å²) < 4.78 is 25.8. The van der Waals surface area contributed by atoms with Crippen LogP contribution in [0.5, 0.6) is 0 Å². The van der Waals surface area contributed by atoms with Gasteiger partial charge < -0.3 is 5.32 Å². The van der Waals surface area contributed by atoms with Crippen LogP contribution in [0, 0.1) is 6.92 Å². The number of halogens is 1. The number of thiazole rings is 1. The van der Waals surface area contributed by atoms with Gasteiger partial charge in [0.2, 0.25) is 5.91 Å². The molecule has 19 heavy (non-hydrogen) atoms. The largest absolute Gasteiger partial charge is 0.352 e. The molecule has 0 aromatic carbocycles. The molecule has 0 spiro atoms. The molecule has 1 aliphatic rings. The Bertz CT molecular complexity index is 595. The van der Waals surface area contributed by atoms with Crippen LogP contribution in [0.2, 0.25) is 4.47 Å². The van der Waals surface area contributed by atoms with Crippen molar-refractivity contribution in [2.45, 2.75) is 30.0 Å². The zero-order valence-electron chi connectivity index (χ0n) is 10.5. The van der Waals surface area contributed by atoms with Gasteiger partial charge in [0.15, 0.2) is 8.68 Å². The quantitative estimate of drug-likeness (QED) is 0.877. The van der Waals surface area contributed by atoms with Gasteiger partial charge in [-0.1, -0.05) is 22.9 Å². The lowest BCUT2D eigenvalue weighted by Gasteiger charge is -2.15. The highest BCUT2D eigenvalue weighted by atomic mass is 35.5. The fourth-order valence-electron chi connectivity index (χ4n) is 1.52. The van der Waals surface area contributed by atoms with Crippen LogP contribution in [0.15, 0.2) is 4.21 Å². The van der Waals surface area contributed by atoms with Crippen molar-refractivity contribution in [3.8, 4) is 0 Å². The molecule has 0 aliphatic heterocycles. The lowest BCUT2D eigenvalue weighted by molar-refractivity contribution is -0.121. The Morgan fingerprint density at radius 2 is 2.21 bits per heavy atom. The molecule has 0 saturated heterocycles. The number of aryl methyl sites for hydroxylation is 1. The number of likely N-dealkylation sites (N-methyl/N-ethyl adjacent to an activating group) is 1. The Morgan fingerprint density at radius 1 is 1.58 bits per heavy atom. The first-order chi connectivity index (χ1) is 8.80. The van der Waals surface area contributed by atoms with Gasteiger partial charge >= 0.3 is 0 Å². The van der Waals surface area contributed by atoms with Crippen molar-refractivity contribution in [2.24, 2.45) is 0 Å². The molecule has 0 atom stereocenters. The van der Waals surface area contributed by atoms with E-state index in [0.29, 0.717) is 5.69 Å². The normalized spacial score (nSPS) is 15.8. The second-order valence-electron chi connectivity index (χ2n) is 4.44. The summed E-state index contributed by atoms with van der Waals surface area (Å²) in [4.78, 5) is 15.5. The van der Waals surface area contributed by atoms with Crippen LogP contribution in [-0.2, 0) is 14.8 Å². The summed E-state index contributed by atoms with van der Waals surface area (Å²) in [6.07, 6.45) is 1.93. The molecular weight excluding hydrogens is 310 g/mol. The maximum Gasteiger partial charge on any atom is 0.254 e. The second-order valence-corrected chi connectivity index (χ2v) is 8.26. The van der Waals surface area contributed by atoms with Crippen molar-refractivity contribution < 1.29 is 13.2 Å². The summed E-state index contributed by atoms with van der Waals surface area (Å²) in [6.45, 7) is 1.38. The van der Waals surface area contributed by atoms with E-state index in [4.69, 9.17) is 11.6 Å². The fraction of sp³-hybridized carbons (Fsp3) is 0.600. The highest BCUT2D eigenvalue weighted by Gasteiger charge is 2.29. The number of nitrogens with zero attached hydrogens (tertiary/aromatic N) is 2. The first-order valence-electron chi connectivity index (χ1n) is 5.69. The molecule has 9 heteroatoms. The smallest absolute Gasteiger partial charge is 0.254 e. The number of sulfonamides is 1. The maximum atomic E-state index is 12.3. The molecule has 1 amide bonds. The molecule has 106 valence electrons. The number of carbonyl (C=O) groups excluding carboxylic acids is 1. The lowest BCUT2D eigenvalue weighted by atomic mass is 10.5. The first kappa shape index (κ1) is 14.7. The summed E-state index contributed by atoms with van der Waals surface area (Å²) in [5.41, 5.74) is 0.351. The second kappa shape index (κ2) is 5.35. The van der Waals surface area contributed by atoms with Crippen LogP contribution in [0.4, 0.5) is 0 Å². The van der Waals surface area contributed by atoms with Crippen molar-refractivity contribution in [1.82, 2.24) is 14.6 Å². The summed E-state index contributed by atoms with van der Waals surface area (Å²) in [5, 5.41) is 2.74. The van der Waals surface area contributed by atoms with Gasteiger partial charge in [-0.15, -0.1) is 0 Å². The molecule has 1 heterocycles. The SMILES string of the molecule is Cc1nc(Cl)sc1S(=O)(=O)N(C)CC(=O)NC1CC1. The van der Waals surface area contributed by atoms with Gasteiger partial charge in [-0.05, 0) is 19.8 Å². The highest BCUT2D eigenvalue weighted by Crippen LogP contribution is 2.28. The van der Waals surface area contributed by atoms with Gasteiger partial charge in [-0.2, -0.15) is 4.31 Å². The lowest BCUT2D eigenvalue weighted by Crippen LogP contribution is -2.39. The third-order valence-corrected chi connectivity index (χ3v) is 6.33. The molecule has 1 saturated carbocycles. The van der Waals surface area contributed by atoms with E-state index in [0.717, 1.165) is 28.5 Å². The van der Waals surface area contributed by atoms with E-state index in [1.165, 1.54) is 7.05 Å². The average molecular weight is 324 g/mol. The predicted molar refractivity (Wildman–Crippen MR) is 72.8 cm³/mol. The van der Waals surface area contributed by atoms with Gasteiger partial charge in [0.25, 0.3) is 10.0 Å². The fourth-order valence-corrected chi connectivity index (χ4v) is 4.57. The standard InChI is InChI=1S/C10H14ClN3O3S2/c1-6-9(18-10(11)12-6)19(16,17)14(2)5-8(15)13-7-3-4-7/h7H,3-5H2,1-2H3,(H,13,15). The predicted octanol–water partition coefficient (Wildman–Crippen LogP) is 1.00. The van der Waals surface area contributed by atoms with E-state index >= 15 is 0 Å². The molecule has 0 unspecified atom stereocenters. The number of amides is 1. The van der Waals surface area contributed by atoms with Gasteiger partial charge in [0, 0.05) is 13.1 Å². The van der Waals surface area contributed by atoms with Crippen LogP contribution in [0.3, 0.4) is 0 Å². The number of aromatic nitrogens is 1. The van der Waals surface area contributed by atoms with Gasteiger partial charge in [-0.3, -0.25) is 4.79 Å².